The van der Waals surface area contributed by atoms with Crippen molar-refractivity contribution in [1.29, 1.82) is 0 Å². The van der Waals surface area contributed by atoms with Gasteiger partial charge in [0, 0.05) is 13.1 Å². The molecule has 1 saturated carbocycles. The molecule has 7 nitrogen and oxygen atoms in total. The standard InChI is InChI=1S/C13H14FN3O4/c14-8-1-2-10(11(4-8)17(20)21)15-5-12-9-3-7(9)6-16(12)13(18)19/h1-2,4,7,9,12,15H,3,5-6H2,(H,18,19)/t7-,9-,12+/m0/s1. The second-order valence-corrected chi connectivity index (χ2v) is 5.46. The summed E-state index contributed by atoms with van der Waals surface area (Å²) in [7, 11) is 0. The summed E-state index contributed by atoms with van der Waals surface area (Å²) < 4.78 is 13.1. The Balaban J connectivity index is 1.73. The monoisotopic (exact) mass is 295 g/mol. The predicted octanol–water partition coefficient (Wildman–Crippen LogP) is 2.14. The Morgan fingerprint density at radius 2 is 2.33 bits per heavy atom. The van der Waals surface area contributed by atoms with E-state index < -0.39 is 16.8 Å². The van der Waals surface area contributed by atoms with Crippen LogP contribution in [0.25, 0.3) is 0 Å². The molecule has 0 radical (unpaired) electrons. The van der Waals surface area contributed by atoms with E-state index >= 15 is 0 Å². The molecule has 112 valence electrons. The second kappa shape index (κ2) is 4.87. The summed E-state index contributed by atoms with van der Waals surface area (Å²) in [6.45, 7) is 0.817. The number of fused-ring (bicyclic) bond motifs is 1. The van der Waals surface area contributed by atoms with Crippen LogP contribution in [-0.2, 0) is 0 Å². The summed E-state index contributed by atoms with van der Waals surface area (Å²) in [6, 6.07) is 3.11. The fourth-order valence-corrected chi connectivity index (χ4v) is 3.07. The molecule has 1 aromatic carbocycles. The van der Waals surface area contributed by atoms with E-state index in [9.17, 15) is 19.3 Å². The molecule has 0 aromatic heterocycles. The SMILES string of the molecule is O=C(O)N1C[C@@H]2C[C@@H]2[C@H]1CNc1ccc(F)cc1[N+](=O)[O-]. The lowest BCUT2D eigenvalue weighted by Gasteiger charge is -2.25. The average molecular weight is 295 g/mol. The molecule has 21 heavy (non-hydrogen) atoms. The van der Waals surface area contributed by atoms with Gasteiger partial charge in [-0.05, 0) is 30.4 Å². The van der Waals surface area contributed by atoms with Crippen LogP contribution in [0.5, 0.6) is 0 Å². The van der Waals surface area contributed by atoms with Gasteiger partial charge >= 0.3 is 6.09 Å². The number of piperidine rings is 1. The predicted molar refractivity (Wildman–Crippen MR) is 71.7 cm³/mol. The first kappa shape index (κ1) is 13.6. The molecule has 1 amide bonds. The molecule has 1 aliphatic carbocycles. The van der Waals surface area contributed by atoms with Crippen molar-refractivity contribution in [2.45, 2.75) is 12.5 Å². The minimum Gasteiger partial charge on any atom is -0.465 e. The first-order valence-electron chi connectivity index (χ1n) is 6.64. The van der Waals surface area contributed by atoms with Crippen LogP contribution in [0.15, 0.2) is 18.2 Å². The van der Waals surface area contributed by atoms with E-state index in [0.717, 1.165) is 18.6 Å². The van der Waals surface area contributed by atoms with E-state index in [-0.39, 0.29) is 17.4 Å². The number of benzene rings is 1. The highest BCUT2D eigenvalue weighted by atomic mass is 19.1. The van der Waals surface area contributed by atoms with E-state index in [1.807, 2.05) is 0 Å². The maximum atomic E-state index is 13.1. The van der Waals surface area contributed by atoms with Gasteiger partial charge in [-0.1, -0.05) is 0 Å². The van der Waals surface area contributed by atoms with Crippen molar-refractivity contribution < 1.29 is 19.2 Å². The van der Waals surface area contributed by atoms with Crippen molar-refractivity contribution in [3.05, 3.63) is 34.1 Å². The fraction of sp³-hybridized carbons (Fsp3) is 0.462. The van der Waals surface area contributed by atoms with Crippen molar-refractivity contribution in [2.24, 2.45) is 11.8 Å². The summed E-state index contributed by atoms with van der Waals surface area (Å²) in [5, 5.41) is 22.9. The molecule has 1 saturated heterocycles. The van der Waals surface area contributed by atoms with Crippen LogP contribution in [-0.4, -0.2) is 40.2 Å². The molecule has 2 N–H and O–H groups in total. The number of nitro benzene ring substituents is 1. The quantitative estimate of drug-likeness (QED) is 0.655. The lowest BCUT2D eigenvalue weighted by atomic mass is 10.1. The number of rotatable bonds is 4. The van der Waals surface area contributed by atoms with Gasteiger partial charge in [-0.3, -0.25) is 10.1 Å². The highest BCUT2D eigenvalue weighted by Crippen LogP contribution is 2.49. The molecule has 3 atom stereocenters. The molecule has 8 heteroatoms. The maximum Gasteiger partial charge on any atom is 0.407 e. The average Bonchev–Trinajstić information content (AvgIpc) is 3.10. The summed E-state index contributed by atoms with van der Waals surface area (Å²) in [6.07, 6.45) is 0.0318. The van der Waals surface area contributed by atoms with E-state index in [0.29, 0.717) is 24.9 Å². The molecule has 0 spiro atoms. The highest BCUT2D eigenvalue weighted by molar-refractivity contribution is 5.67. The fourth-order valence-electron chi connectivity index (χ4n) is 3.07. The summed E-state index contributed by atoms with van der Waals surface area (Å²) in [4.78, 5) is 22.8. The van der Waals surface area contributed by atoms with Gasteiger partial charge in [-0.25, -0.2) is 9.18 Å². The molecule has 0 unspecified atom stereocenters. The number of nitrogens with zero attached hydrogens (tertiary/aromatic N) is 2. The minimum atomic E-state index is -0.970. The van der Waals surface area contributed by atoms with Crippen LogP contribution in [0.1, 0.15) is 6.42 Å². The molecule has 2 fully saturated rings. The molecule has 1 aliphatic heterocycles. The first-order chi connectivity index (χ1) is 9.97. The Hall–Kier alpha value is -2.38. The minimum absolute atomic E-state index is 0.183. The van der Waals surface area contributed by atoms with Gasteiger partial charge in [0.25, 0.3) is 5.69 Å². The number of carboxylic acid groups (broad SMARTS) is 1. The molecule has 3 rings (SSSR count). The van der Waals surface area contributed by atoms with Crippen molar-refractivity contribution in [1.82, 2.24) is 4.90 Å². The lowest BCUT2D eigenvalue weighted by molar-refractivity contribution is -0.384. The third kappa shape index (κ3) is 2.48. The number of anilines is 1. The number of nitro groups is 1. The van der Waals surface area contributed by atoms with E-state index in [1.54, 1.807) is 0 Å². The normalized spacial score (nSPS) is 26.3. The van der Waals surface area contributed by atoms with Gasteiger partial charge in [0.2, 0.25) is 0 Å². The van der Waals surface area contributed by atoms with Crippen LogP contribution in [0, 0.1) is 27.8 Å². The third-order valence-electron chi connectivity index (χ3n) is 4.21. The molecular weight excluding hydrogens is 281 g/mol. The smallest absolute Gasteiger partial charge is 0.407 e. The zero-order valence-electron chi connectivity index (χ0n) is 11.0. The van der Waals surface area contributed by atoms with Crippen LogP contribution >= 0.6 is 0 Å². The second-order valence-electron chi connectivity index (χ2n) is 5.46. The van der Waals surface area contributed by atoms with Crippen molar-refractivity contribution >= 4 is 17.5 Å². The summed E-state index contributed by atoms with van der Waals surface area (Å²) in [5.41, 5.74) is -0.141. The summed E-state index contributed by atoms with van der Waals surface area (Å²) in [5.74, 6) is 0.0618. The molecule has 1 aromatic rings. The van der Waals surface area contributed by atoms with Gasteiger partial charge < -0.3 is 15.3 Å². The van der Waals surface area contributed by atoms with Gasteiger partial charge in [-0.15, -0.1) is 0 Å². The van der Waals surface area contributed by atoms with Crippen LogP contribution < -0.4 is 5.32 Å². The van der Waals surface area contributed by atoms with Crippen molar-refractivity contribution in [3.63, 3.8) is 0 Å². The number of carbonyl (C=O) groups is 1. The lowest BCUT2D eigenvalue weighted by Crippen LogP contribution is -2.41. The molecule has 2 aliphatic rings. The van der Waals surface area contributed by atoms with Crippen LogP contribution in [0.3, 0.4) is 0 Å². The number of nitrogens with one attached hydrogen (secondary N) is 1. The number of hydrogen-bond donors (Lipinski definition) is 2. The Morgan fingerprint density at radius 3 is 3.00 bits per heavy atom. The number of hydrogen-bond acceptors (Lipinski definition) is 4. The third-order valence-corrected chi connectivity index (χ3v) is 4.21. The maximum absolute atomic E-state index is 13.1. The van der Waals surface area contributed by atoms with Gasteiger partial charge in [0.1, 0.15) is 11.5 Å². The zero-order valence-corrected chi connectivity index (χ0v) is 11.0. The van der Waals surface area contributed by atoms with Crippen molar-refractivity contribution in [3.8, 4) is 0 Å². The first-order valence-corrected chi connectivity index (χ1v) is 6.64. The molecule has 1 heterocycles. The highest BCUT2D eigenvalue weighted by Gasteiger charge is 2.53. The number of likely N-dealkylation sites (tertiary alicyclic amines) is 1. The van der Waals surface area contributed by atoms with E-state index in [2.05, 4.69) is 5.32 Å². The molecule has 0 bridgehead atoms. The topological polar surface area (TPSA) is 95.7 Å². The Morgan fingerprint density at radius 1 is 1.57 bits per heavy atom. The van der Waals surface area contributed by atoms with Gasteiger partial charge in [-0.2, -0.15) is 0 Å². The number of amides is 1. The largest absolute Gasteiger partial charge is 0.465 e. The van der Waals surface area contributed by atoms with Crippen LogP contribution in [0.4, 0.5) is 20.6 Å². The summed E-state index contributed by atoms with van der Waals surface area (Å²) >= 11 is 0. The Bertz CT molecular complexity index is 609. The van der Waals surface area contributed by atoms with E-state index in [4.69, 9.17) is 5.11 Å². The van der Waals surface area contributed by atoms with Crippen LogP contribution in [0.2, 0.25) is 0 Å². The van der Waals surface area contributed by atoms with Gasteiger partial charge in [0.05, 0.1) is 17.0 Å². The van der Waals surface area contributed by atoms with E-state index in [1.165, 1.54) is 11.0 Å². The molecular formula is C13H14FN3O4. The number of halogens is 1. The zero-order chi connectivity index (χ0) is 15.1. The Kier molecular flexibility index (Phi) is 3.15. The van der Waals surface area contributed by atoms with Gasteiger partial charge in [0.15, 0.2) is 0 Å². The van der Waals surface area contributed by atoms with Crippen molar-refractivity contribution in [2.75, 3.05) is 18.4 Å². The Labute approximate surface area is 119 Å².